The van der Waals surface area contributed by atoms with E-state index in [1.54, 1.807) is 0 Å². The average Bonchev–Trinajstić information content (AvgIpc) is 2.44. The highest BCUT2D eigenvalue weighted by Gasteiger charge is 2.27. The number of halogens is 1. The molecule has 0 spiro atoms. The summed E-state index contributed by atoms with van der Waals surface area (Å²) in [5.74, 6) is 1.23. The van der Waals surface area contributed by atoms with Gasteiger partial charge in [-0.2, -0.15) is 0 Å². The zero-order chi connectivity index (χ0) is 13.7. The molecular weight excluding hydrogens is 300 g/mol. The first-order chi connectivity index (χ1) is 9.26. The Bertz CT molecular complexity index is 386. The van der Waals surface area contributed by atoms with Crippen molar-refractivity contribution in [2.75, 3.05) is 26.2 Å². The highest BCUT2D eigenvalue weighted by Crippen LogP contribution is 2.35. The van der Waals surface area contributed by atoms with E-state index in [0.29, 0.717) is 5.92 Å². The maximum Gasteiger partial charge on any atom is 0.0210 e. The van der Waals surface area contributed by atoms with E-state index in [9.17, 15) is 0 Å². The number of nitrogens with zero attached hydrogens (tertiary/aromatic N) is 1. The molecule has 1 heterocycles. The zero-order valence-electron chi connectivity index (χ0n) is 11.8. The molecule has 1 aliphatic rings. The Morgan fingerprint density at radius 3 is 2.58 bits per heavy atom. The molecule has 19 heavy (non-hydrogen) atoms. The van der Waals surface area contributed by atoms with Crippen molar-refractivity contribution in [3.05, 3.63) is 34.3 Å². The molecule has 0 bridgehead atoms. The third-order valence-electron chi connectivity index (χ3n) is 4.30. The fraction of sp³-hybridized carbons (Fsp3) is 0.625. The first-order valence-corrected chi connectivity index (χ1v) is 8.22. The molecule has 1 aromatic rings. The Balaban J connectivity index is 2.02. The fourth-order valence-electron chi connectivity index (χ4n) is 3.24. The Labute approximate surface area is 125 Å². The SMILES string of the molecule is CCCN1CCC(C(CN)c2ccccc2Br)CC1. The van der Waals surface area contributed by atoms with Gasteiger partial charge in [0.1, 0.15) is 0 Å². The third-order valence-corrected chi connectivity index (χ3v) is 5.02. The van der Waals surface area contributed by atoms with Crippen LogP contribution in [-0.2, 0) is 0 Å². The van der Waals surface area contributed by atoms with Crippen LogP contribution in [0.4, 0.5) is 0 Å². The number of hydrogen-bond acceptors (Lipinski definition) is 2. The Hall–Kier alpha value is -0.380. The molecule has 2 nitrogen and oxygen atoms in total. The molecule has 0 amide bonds. The van der Waals surface area contributed by atoms with Crippen LogP contribution in [0, 0.1) is 5.92 Å². The van der Waals surface area contributed by atoms with E-state index < -0.39 is 0 Å². The van der Waals surface area contributed by atoms with E-state index in [1.165, 1.54) is 48.9 Å². The van der Waals surface area contributed by atoms with E-state index in [4.69, 9.17) is 5.73 Å². The molecule has 1 aliphatic heterocycles. The van der Waals surface area contributed by atoms with Crippen molar-refractivity contribution >= 4 is 15.9 Å². The lowest BCUT2D eigenvalue weighted by molar-refractivity contribution is 0.169. The van der Waals surface area contributed by atoms with Crippen molar-refractivity contribution in [1.29, 1.82) is 0 Å². The van der Waals surface area contributed by atoms with Crippen LogP contribution in [0.2, 0.25) is 0 Å². The minimum atomic E-state index is 0.499. The van der Waals surface area contributed by atoms with Gasteiger partial charge in [-0.15, -0.1) is 0 Å². The molecule has 1 aromatic carbocycles. The standard InChI is InChI=1S/C16H25BrN2/c1-2-9-19-10-7-13(8-11-19)15(12-18)14-5-3-4-6-16(14)17/h3-6,13,15H,2,7-12,18H2,1H3. The molecule has 0 radical (unpaired) electrons. The van der Waals surface area contributed by atoms with Crippen LogP contribution in [0.5, 0.6) is 0 Å². The second-order valence-electron chi connectivity index (χ2n) is 5.54. The summed E-state index contributed by atoms with van der Waals surface area (Å²) >= 11 is 3.68. The lowest BCUT2D eigenvalue weighted by Crippen LogP contribution is -2.37. The Morgan fingerprint density at radius 1 is 1.32 bits per heavy atom. The minimum absolute atomic E-state index is 0.499. The Morgan fingerprint density at radius 2 is 2.00 bits per heavy atom. The van der Waals surface area contributed by atoms with Crippen LogP contribution in [0.15, 0.2) is 28.7 Å². The molecule has 1 unspecified atom stereocenters. The normalized spacial score (nSPS) is 19.5. The monoisotopic (exact) mass is 324 g/mol. The lowest BCUT2D eigenvalue weighted by atomic mass is 9.80. The first-order valence-electron chi connectivity index (χ1n) is 7.43. The maximum atomic E-state index is 6.06. The third kappa shape index (κ3) is 3.80. The number of benzene rings is 1. The molecule has 1 fully saturated rings. The predicted octanol–water partition coefficient (Wildman–Crippen LogP) is 3.61. The molecule has 0 aliphatic carbocycles. The summed E-state index contributed by atoms with van der Waals surface area (Å²) in [5, 5.41) is 0. The molecule has 3 heteroatoms. The van der Waals surface area contributed by atoms with Crippen molar-refractivity contribution in [2.45, 2.75) is 32.1 Å². The fourth-order valence-corrected chi connectivity index (χ4v) is 3.82. The van der Waals surface area contributed by atoms with E-state index in [-0.39, 0.29) is 0 Å². The largest absolute Gasteiger partial charge is 0.330 e. The maximum absolute atomic E-state index is 6.06. The molecule has 0 saturated carbocycles. The van der Waals surface area contributed by atoms with Gasteiger partial charge in [0.25, 0.3) is 0 Å². The van der Waals surface area contributed by atoms with Crippen LogP contribution in [0.1, 0.15) is 37.7 Å². The van der Waals surface area contributed by atoms with E-state index >= 15 is 0 Å². The van der Waals surface area contributed by atoms with Gasteiger partial charge in [0.2, 0.25) is 0 Å². The van der Waals surface area contributed by atoms with Gasteiger partial charge >= 0.3 is 0 Å². The van der Waals surface area contributed by atoms with Crippen LogP contribution < -0.4 is 5.73 Å². The van der Waals surface area contributed by atoms with Gasteiger partial charge in [0.15, 0.2) is 0 Å². The molecule has 1 atom stereocenters. The van der Waals surface area contributed by atoms with Crippen molar-refractivity contribution in [3.8, 4) is 0 Å². The van der Waals surface area contributed by atoms with Gasteiger partial charge in [-0.3, -0.25) is 0 Å². The average molecular weight is 325 g/mol. The first kappa shape index (κ1) is 15.0. The van der Waals surface area contributed by atoms with Crippen LogP contribution in [0.3, 0.4) is 0 Å². The van der Waals surface area contributed by atoms with Crippen LogP contribution in [0.25, 0.3) is 0 Å². The van der Waals surface area contributed by atoms with Gasteiger partial charge in [-0.25, -0.2) is 0 Å². The summed E-state index contributed by atoms with van der Waals surface area (Å²) < 4.78 is 1.21. The molecule has 2 rings (SSSR count). The zero-order valence-corrected chi connectivity index (χ0v) is 13.4. The number of piperidine rings is 1. The molecular formula is C16H25BrN2. The summed E-state index contributed by atoms with van der Waals surface area (Å²) in [6.07, 6.45) is 3.82. The van der Waals surface area contributed by atoms with Crippen molar-refractivity contribution in [1.82, 2.24) is 4.90 Å². The molecule has 1 saturated heterocycles. The van der Waals surface area contributed by atoms with E-state index in [2.05, 4.69) is 52.0 Å². The highest BCUT2D eigenvalue weighted by atomic mass is 79.9. The van der Waals surface area contributed by atoms with Gasteiger partial charge in [-0.1, -0.05) is 41.1 Å². The predicted molar refractivity (Wildman–Crippen MR) is 85.4 cm³/mol. The topological polar surface area (TPSA) is 29.3 Å². The number of rotatable bonds is 5. The van der Waals surface area contributed by atoms with Gasteiger partial charge in [0.05, 0.1) is 0 Å². The quantitative estimate of drug-likeness (QED) is 0.896. The smallest absolute Gasteiger partial charge is 0.0210 e. The molecule has 2 N–H and O–H groups in total. The Kier molecular flexibility index (Phi) is 5.86. The number of hydrogen-bond donors (Lipinski definition) is 1. The van der Waals surface area contributed by atoms with Gasteiger partial charge < -0.3 is 10.6 Å². The summed E-state index contributed by atoms with van der Waals surface area (Å²) in [5.41, 5.74) is 7.45. The number of likely N-dealkylation sites (tertiary alicyclic amines) is 1. The number of nitrogens with two attached hydrogens (primary N) is 1. The van der Waals surface area contributed by atoms with Gasteiger partial charge in [0, 0.05) is 10.4 Å². The molecule has 106 valence electrons. The minimum Gasteiger partial charge on any atom is -0.330 e. The van der Waals surface area contributed by atoms with Crippen molar-refractivity contribution < 1.29 is 0 Å². The van der Waals surface area contributed by atoms with E-state index in [1.807, 2.05) is 0 Å². The van der Waals surface area contributed by atoms with Crippen LogP contribution in [-0.4, -0.2) is 31.1 Å². The highest BCUT2D eigenvalue weighted by molar-refractivity contribution is 9.10. The summed E-state index contributed by atoms with van der Waals surface area (Å²) in [6, 6.07) is 8.55. The van der Waals surface area contributed by atoms with Crippen molar-refractivity contribution in [3.63, 3.8) is 0 Å². The second kappa shape index (κ2) is 7.41. The van der Waals surface area contributed by atoms with Gasteiger partial charge in [-0.05, 0) is 63.0 Å². The summed E-state index contributed by atoms with van der Waals surface area (Å²) in [6.45, 7) is 6.73. The summed E-state index contributed by atoms with van der Waals surface area (Å²) in [7, 11) is 0. The van der Waals surface area contributed by atoms with Crippen LogP contribution >= 0.6 is 15.9 Å². The summed E-state index contributed by atoms with van der Waals surface area (Å²) in [4.78, 5) is 2.59. The van der Waals surface area contributed by atoms with Crippen molar-refractivity contribution in [2.24, 2.45) is 11.7 Å². The van der Waals surface area contributed by atoms with E-state index in [0.717, 1.165) is 12.5 Å². The molecule has 0 aromatic heterocycles. The second-order valence-corrected chi connectivity index (χ2v) is 6.40. The lowest BCUT2D eigenvalue weighted by Gasteiger charge is -2.36.